The van der Waals surface area contributed by atoms with Crippen molar-refractivity contribution in [3.8, 4) is 0 Å². The first-order valence-electron chi connectivity index (χ1n) is 7.63. The second kappa shape index (κ2) is 7.21. The molecular weight excluding hydrogens is 260 g/mol. The van der Waals surface area contributed by atoms with Gasteiger partial charge >= 0.3 is 0 Å². The van der Waals surface area contributed by atoms with Gasteiger partial charge in [0.2, 0.25) is 0 Å². The number of hydrogen-bond donors (Lipinski definition) is 0. The maximum absolute atomic E-state index is 5.27. The van der Waals surface area contributed by atoms with Crippen LogP contribution in [0.1, 0.15) is 57.1 Å². The van der Waals surface area contributed by atoms with E-state index in [0.717, 1.165) is 18.0 Å². The largest absolute Gasteiger partial charge is 0.449 e. The molecule has 21 heavy (non-hydrogen) atoms. The molecule has 0 spiro atoms. The van der Waals surface area contributed by atoms with Gasteiger partial charge in [-0.25, -0.2) is 4.98 Å². The topological polar surface area (TPSA) is 38.4 Å². The average Bonchev–Trinajstić information content (AvgIpc) is 2.99. The van der Waals surface area contributed by atoms with Gasteiger partial charge < -0.3 is 4.42 Å². The van der Waals surface area contributed by atoms with Gasteiger partial charge in [-0.2, -0.15) is 0 Å². The summed E-state index contributed by atoms with van der Waals surface area (Å²) in [6.07, 6.45) is 5.17. The summed E-state index contributed by atoms with van der Waals surface area (Å²) in [7, 11) is 0. The lowest BCUT2D eigenvalue weighted by Gasteiger charge is -2.11. The molecule has 2 atom stereocenters. The number of hydrogen-bond acceptors (Lipinski definition) is 3. The van der Waals surface area contributed by atoms with Crippen LogP contribution in [0.3, 0.4) is 0 Å². The number of rotatable bonds is 6. The van der Waals surface area contributed by atoms with Crippen LogP contribution >= 0.6 is 0 Å². The Balaban J connectivity index is 2.04. The molecule has 0 amide bonds. The second-order valence-corrected chi connectivity index (χ2v) is 5.62. The lowest BCUT2D eigenvalue weighted by atomic mass is 9.97. The highest BCUT2D eigenvalue weighted by atomic mass is 16.3. The monoisotopic (exact) mass is 284 g/mol. The first kappa shape index (κ1) is 15.5. The molecule has 0 fully saturated rings. The third-order valence-electron chi connectivity index (χ3n) is 3.88. The summed E-state index contributed by atoms with van der Waals surface area (Å²) in [6, 6.07) is 8.91. The number of benzene rings is 1. The Bertz CT molecular complexity index is 570. The van der Waals surface area contributed by atoms with E-state index in [2.05, 4.69) is 56.9 Å². The predicted octanol–water partition coefficient (Wildman–Crippen LogP) is 4.63. The number of nitrogens with zero attached hydrogens (tertiary/aromatic N) is 2. The molecule has 112 valence electrons. The smallest absolute Gasteiger partial charge is 0.196 e. The molecule has 3 heteroatoms. The van der Waals surface area contributed by atoms with Gasteiger partial charge in [0.15, 0.2) is 5.89 Å². The van der Waals surface area contributed by atoms with Crippen LogP contribution in [0.2, 0.25) is 0 Å². The van der Waals surface area contributed by atoms with Crippen LogP contribution in [0.15, 0.2) is 46.1 Å². The Hall–Kier alpha value is -1.90. The molecule has 0 aliphatic carbocycles. The van der Waals surface area contributed by atoms with Gasteiger partial charge in [0.25, 0.3) is 0 Å². The summed E-state index contributed by atoms with van der Waals surface area (Å²) >= 11 is 0. The quantitative estimate of drug-likeness (QED) is 0.725. The predicted molar refractivity (Wildman–Crippen MR) is 87.0 cm³/mol. The van der Waals surface area contributed by atoms with Crippen molar-refractivity contribution in [2.45, 2.75) is 52.5 Å². The molecule has 2 rings (SSSR count). The Morgan fingerprint density at radius 1 is 1.24 bits per heavy atom. The molecule has 2 aromatic rings. The molecule has 0 saturated heterocycles. The molecule has 0 N–H and O–H groups in total. The third kappa shape index (κ3) is 4.28. The van der Waals surface area contributed by atoms with Crippen LogP contribution in [0.5, 0.6) is 0 Å². The Kier molecular flexibility index (Phi) is 5.32. The minimum absolute atomic E-state index is 0.165. The highest BCUT2D eigenvalue weighted by molar-refractivity contribution is 5.98. The van der Waals surface area contributed by atoms with Crippen molar-refractivity contribution >= 4 is 5.71 Å². The summed E-state index contributed by atoms with van der Waals surface area (Å²) in [5.41, 5.74) is 3.63. The maximum Gasteiger partial charge on any atom is 0.196 e. The maximum atomic E-state index is 5.27. The third-order valence-corrected chi connectivity index (χ3v) is 3.88. The fraction of sp³-hybridized carbons (Fsp3) is 0.444. The van der Waals surface area contributed by atoms with Crippen molar-refractivity contribution in [2.75, 3.05) is 0 Å². The van der Waals surface area contributed by atoms with E-state index in [4.69, 9.17) is 9.41 Å². The van der Waals surface area contributed by atoms with Crippen LogP contribution in [0, 0.1) is 0 Å². The van der Waals surface area contributed by atoms with E-state index in [1.807, 2.05) is 0 Å². The molecule has 1 heterocycles. The summed E-state index contributed by atoms with van der Waals surface area (Å²) in [5.74, 6) is 1.35. The minimum Gasteiger partial charge on any atom is -0.449 e. The summed E-state index contributed by atoms with van der Waals surface area (Å²) in [4.78, 5) is 8.87. The SMILES string of the molecule is CCC(C)c1ccc(C(C)=N[C@@H](C)Cc2ncco2)cc1. The first-order valence-corrected chi connectivity index (χ1v) is 7.63. The molecule has 3 nitrogen and oxygen atoms in total. The summed E-state index contributed by atoms with van der Waals surface area (Å²) in [5, 5.41) is 0. The van der Waals surface area contributed by atoms with Gasteiger partial charge in [-0.3, -0.25) is 4.99 Å². The zero-order chi connectivity index (χ0) is 15.2. The standard InChI is InChI=1S/C18H24N2O/c1-5-13(2)16-6-8-17(9-7-16)15(4)20-14(3)12-18-19-10-11-21-18/h6-11,13-14H,5,12H2,1-4H3/t13?,14-/m0/s1. The van der Waals surface area contributed by atoms with Crippen molar-refractivity contribution in [3.05, 3.63) is 53.7 Å². The van der Waals surface area contributed by atoms with E-state index < -0.39 is 0 Å². The second-order valence-electron chi connectivity index (χ2n) is 5.62. The number of aliphatic imine (C=N–C) groups is 1. The Morgan fingerprint density at radius 3 is 2.52 bits per heavy atom. The lowest BCUT2D eigenvalue weighted by Crippen LogP contribution is -2.08. The molecule has 0 aliphatic rings. The van der Waals surface area contributed by atoms with Crippen LogP contribution in [0.4, 0.5) is 0 Å². The highest BCUT2D eigenvalue weighted by Crippen LogP contribution is 2.19. The van der Waals surface area contributed by atoms with Crippen molar-refractivity contribution < 1.29 is 4.42 Å². The normalized spacial score (nSPS) is 15.0. The van der Waals surface area contributed by atoms with Crippen LogP contribution in [0.25, 0.3) is 0 Å². The van der Waals surface area contributed by atoms with Crippen LogP contribution in [-0.4, -0.2) is 16.7 Å². The zero-order valence-corrected chi connectivity index (χ0v) is 13.3. The zero-order valence-electron chi connectivity index (χ0n) is 13.3. The average molecular weight is 284 g/mol. The Morgan fingerprint density at radius 2 is 1.95 bits per heavy atom. The van der Waals surface area contributed by atoms with Gasteiger partial charge in [-0.15, -0.1) is 0 Å². The van der Waals surface area contributed by atoms with Crippen molar-refractivity contribution in [2.24, 2.45) is 4.99 Å². The molecule has 1 aromatic carbocycles. The lowest BCUT2D eigenvalue weighted by molar-refractivity contribution is 0.478. The molecule has 0 bridgehead atoms. The van der Waals surface area contributed by atoms with Crippen molar-refractivity contribution in [1.82, 2.24) is 4.98 Å². The van der Waals surface area contributed by atoms with E-state index in [1.165, 1.54) is 17.5 Å². The summed E-state index contributed by atoms with van der Waals surface area (Å²) < 4.78 is 5.27. The molecule has 0 saturated carbocycles. The fourth-order valence-corrected chi connectivity index (χ4v) is 2.35. The van der Waals surface area contributed by atoms with Crippen molar-refractivity contribution in [3.63, 3.8) is 0 Å². The van der Waals surface area contributed by atoms with E-state index in [1.54, 1.807) is 12.5 Å². The van der Waals surface area contributed by atoms with Gasteiger partial charge in [-0.05, 0) is 37.3 Å². The van der Waals surface area contributed by atoms with Gasteiger partial charge in [-0.1, -0.05) is 38.1 Å². The molecular formula is C18H24N2O. The van der Waals surface area contributed by atoms with E-state index >= 15 is 0 Å². The van der Waals surface area contributed by atoms with E-state index in [9.17, 15) is 0 Å². The van der Waals surface area contributed by atoms with E-state index in [-0.39, 0.29) is 6.04 Å². The first-order chi connectivity index (χ1) is 10.1. The van der Waals surface area contributed by atoms with E-state index in [0.29, 0.717) is 5.92 Å². The molecule has 1 unspecified atom stereocenters. The van der Waals surface area contributed by atoms with Gasteiger partial charge in [0.1, 0.15) is 6.26 Å². The molecule has 0 radical (unpaired) electrons. The summed E-state index contributed by atoms with van der Waals surface area (Å²) in [6.45, 7) is 8.62. The minimum atomic E-state index is 0.165. The fourth-order valence-electron chi connectivity index (χ4n) is 2.35. The number of aromatic nitrogens is 1. The highest BCUT2D eigenvalue weighted by Gasteiger charge is 2.07. The van der Waals surface area contributed by atoms with Crippen LogP contribution in [-0.2, 0) is 6.42 Å². The Labute approximate surface area is 127 Å². The van der Waals surface area contributed by atoms with Crippen molar-refractivity contribution in [1.29, 1.82) is 0 Å². The number of oxazole rings is 1. The van der Waals surface area contributed by atoms with Crippen LogP contribution < -0.4 is 0 Å². The molecule has 1 aromatic heterocycles. The van der Waals surface area contributed by atoms with Gasteiger partial charge in [0.05, 0.1) is 12.2 Å². The molecule has 0 aliphatic heterocycles. The van der Waals surface area contributed by atoms with Gasteiger partial charge in [0, 0.05) is 12.1 Å².